The van der Waals surface area contributed by atoms with Crippen molar-refractivity contribution >= 4 is 29.2 Å². The Morgan fingerprint density at radius 1 is 0.952 bits per heavy atom. The molecule has 1 aromatic carbocycles. The summed E-state index contributed by atoms with van der Waals surface area (Å²) in [4.78, 5) is 12.4. The molecular weight excluding hydrogens is 307 g/mol. The van der Waals surface area contributed by atoms with Crippen molar-refractivity contribution in [1.82, 2.24) is 15.0 Å². The molecule has 2 heterocycles. The molecule has 0 aliphatic heterocycles. The summed E-state index contributed by atoms with van der Waals surface area (Å²) < 4.78 is 0. The van der Waals surface area contributed by atoms with Gasteiger partial charge in [0.2, 0.25) is 5.95 Å². The third-order valence-corrected chi connectivity index (χ3v) is 3.53. The average molecular weight is 317 g/mol. The van der Waals surface area contributed by atoms with Crippen molar-refractivity contribution in [3.63, 3.8) is 0 Å². The highest BCUT2D eigenvalue weighted by atomic mass is 35.5. The van der Waals surface area contributed by atoms with Gasteiger partial charge in [0.1, 0.15) is 0 Å². The van der Waals surface area contributed by atoms with E-state index < -0.39 is 0 Å². The van der Waals surface area contributed by atoms with Crippen LogP contribution in [0.4, 0.5) is 5.95 Å². The van der Waals surface area contributed by atoms with Crippen LogP contribution in [0.2, 0.25) is 10.0 Å². The number of nitrogen functional groups attached to an aromatic ring is 1. The van der Waals surface area contributed by atoms with Crippen LogP contribution in [-0.2, 0) is 0 Å². The number of hydrogen-bond donors (Lipinski definition) is 1. The molecule has 21 heavy (non-hydrogen) atoms. The highest BCUT2D eigenvalue weighted by Crippen LogP contribution is 2.35. The number of pyridine rings is 1. The maximum atomic E-state index is 6.28. The second-order valence-electron chi connectivity index (χ2n) is 4.35. The second-order valence-corrected chi connectivity index (χ2v) is 5.19. The van der Waals surface area contributed by atoms with Gasteiger partial charge in [-0.05, 0) is 35.9 Å². The van der Waals surface area contributed by atoms with Gasteiger partial charge in [-0.3, -0.25) is 4.98 Å². The van der Waals surface area contributed by atoms with Crippen LogP contribution in [0.1, 0.15) is 0 Å². The molecule has 3 aromatic rings. The van der Waals surface area contributed by atoms with E-state index in [0.717, 1.165) is 16.7 Å². The van der Waals surface area contributed by atoms with E-state index in [2.05, 4.69) is 15.0 Å². The van der Waals surface area contributed by atoms with E-state index in [9.17, 15) is 0 Å². The number of anilines is 1. The Bertz CT molecular complexity index is 791. The maximum Gasteiger partial charge on any atom is 0.220 e. The molecule has 2 N–H and O–H groups in total. The first-order valence-electron chi connectivity index (χ1n) is 6.13. The van der Waals surface area contributed by atoms with Gasteiger partial charge < -0.3 is 5.73 Å². The quantitative estimate of drug-likeness (QED) is 0.773. The number of nitrogens with zero attached hydrogens (tertiary/aromatic N) is 3. The molecule has 0 saturated carbocycles. The third kappa shape index (κ3) is 2.82. The fourth-order valence-electron chi connectivity index (χ4n) is 2.03. The molecule has 6 heteroatoms. The van der Waals surface area contributed by atoms with Crippen LogP contribution in [0.5, 0.6) is 0 Å². The summed E-state index contributed by atoms with van der Waals surface area (Å²) in [6.07, 6.45) is 5.09. The zero-order chi connectivity index (χ0) is 14.8. The van der Waals surface area contributed by atoms with Gasteiger partial charge in [-0.1, -0.05) is 23.2 Å². The molecule has 0 spiro atoms. The van der Waals surface area contributed by atoms with Gasteiger partial charge in [-0.15, -0.1) is 0 Å². The Balaban J connectivity index is 2.24. The van der Waals surface area contributed by atoms with Gasteiger partial charge >= 0.3 is 0 Å². The van der Waals surface area contributed by atoms with Crippen LogP contribution >= 0.6 is 23.2 Å². The van der Waals surface area contributed by atoms with E-state index in [-0.39, 0.29) is 5.95 Å². The van der Waals surface area contributed by atoms with E-state index in [1.165, 1.54) is 0 Å². The number of halogens is 2. The molecule has 0 bridgehead atoms. The molecule has 2 aromatic heterocycles. The minimum absolute atomic E-state index is 0.189. The summed E-state index contributed by atoms with van der Waals surface area (Å²) in [5.41, 5.74) is 8.90. The zero-order valence-electron chi connectivity index (χ0n) is 10.8. The molecule has 0 amide bonds. The van der Waals surface area contributed by atoms with E-state index in [4.69, 9.17) is 28.9 Å². The molecule has 0 fully saturated rings. The summed E-state index contributed by atoms with van der Waals surface area (Å²) in [5.74, 6) is 0.189. The minimum Gasteiger partial charge on any atom is -0.368 e. The number of hydrogen-bond acceptors (Lipinski definition) is 4. The Morgan fingerprint density at radius 3 is 2.43 bits per heavy atom. The topological polar surface area (TPSA) is 64.7 Å². The van der Waals surface area contributed by atoms with Crippen molar-refractivity contribution < 1.29 is 0 Å². The van der Waals surface area contributed by atoms with Crippen LogP contribution in [0.3, 0.4) is 0 Å². The monoisotopic (exact) mass is 316 g/mol. The van der Waals surface area contributed by atoms with Crippen molar-refractivity contribution in [2.75, 3.05) is 5.73 Å². The van der Waals surface area contributed by atoms with Crippen LogP contribution < -0.4 is 5.73 Å². The number of nitrogens with two attached hydrogens (primary N) is 1. The predicted molar refractivity (Wildman–Crippen MR) is 85.1 cm³/mol. The normalized spacial score (nSPS) is 10.6. The predicted octanol–water partition coefficient (Wildman–Crippen LogP) is 4.09. The summed E-state index contributed by atoms with van der Waals surface area (Å²) in [6, 6.07) is 9.01. The molecule has 0 unspecified atom stereocenters. The van der Waals surface area contributed by atoms with Gasteiger partial charge in [0, 0.05) is 34.7 Å². The first-order valence-corrected chi connectivity index (χ1v) is 6.89. The average Bonchev–Trinajstić information content (AvgIpc) is 2.48. The number of aromatic nitrogens is 3. The molecule has 0 saturated heterocycles. The summed E-state index contributed by atoms with van der Waals surface area (Å²) in [6.45, 7) is 0. The van der Waals surface area contributed by atoms with Crippen LogP contribution in [0, 0.1) is 0 Å². The lowest BCUT2D eigenvalue weighted by Crippen LogP contribution is -1.99. The fraction of sp³-hybridized carbons (Fsp3) is 0. The lowest BCUT2D eigenvalue weighted by molar-refractivity contribution is 1.19. The highest BCUT2D eigenvalue weighted by molar-refractivity contribution is 6.36. The van der Waals surface area contributed by atoms with Gasteiger partial charge in [-0.2, -0.15) is 0 Å². The maximum absolute atomic E-state index is 6.28. The largest absolute Gasteiger partial charge is 0.368 e. The standard InChI is InChI=1S/C15H10Cl2N4/c16-10-1-2-11(13(17)7-10)14-12(8-20-15(18)21-14)9-3-5-19-6-4-9/h1-8H,(H2,18,20,21). The molecule has 104 valence electrons. The van der Waals surface area contributed by atoms with Gasteiger partial charge in [0.25, 0.3) is 0 Å². The summed E-state index contributed by atoms with van der Waals surface area (Å²) >= 11 is 12.2. The number of benzene rings is 1. The molecule has 0 aliphatic carbocycles. The Kier molecular flexibility index (Phi) is 3.73. The Morgan fingerprint density at radius 2 is 1.71 bits per heavy atom. The Hall–Kier alpha value is -2.17. The van der Waals surface area contributed by atoms with Crippen molar-refractivity contribution in [2.24, 2.45) is 0 Å². The summed E-state index contributed by atoms with van der Waals surface area (Å²) in [7, 11) is 0. The van der Waals surface area contributed by atoms with E-state index in [1.807, 2.05) is 18.2 Å². The minimum atomic E-state index is 0.189. The third-order valence-electron chi connectivity index (χ3n) is 2.98. The highest BCUT2D eigenvalue weighted by Gasteiger charge is 2.13. The first kappa shape index (κ1) is 13.8. The molecule has 0 aliphatic rings. The molecule has 0 atom stereocenters. The SMILES string of the molecule is Nc1ncc(-c2ccncc2)c(-c2ccc(Cl)cc2Cl)n1. The molecule has 3 rings (SSSR count). The van der Waals surface area contributed by atoms with Gasteiger partial charge in [0.05, 0.1) is 10.7 Å². The van der Waals surface area contributed by atoms with Crippen LogP contribution in [-0.4, -0.2) is 15.0 Å². The molecule has 4 nitrogen and oxygen atoms in total. The Labute approximate surface area is 131 Å². The van der Waals surface area contributed by atoms with Crippen molar-refractivity contribution in [1.29, 1.82) is 0 Å². The summed E-state index contributed by atoms with van der Waals surface area (Å²) in [5, 5.41) is 1.08. The van der Waals surface area contributed by atoms with E-state index in [1.54, 1.807) is 30.7 Å². The molecular formula is C15H10Cl2N4. The van der Waals surface area contributed by atoms with Crippen molar-refractivity contribution in [2.45, 2.75) is 0 Å². The lowest BCUT2D eigenvalue weighted by atomic mass is 10.0. The van der Waals surface area contributed by atoms with Crippen molar-refractivity contribution in [3.05, 3.63) is 59.0 Å². The molecule has 0 radical (unpaired) electrons. The van der Waals surface area contributed by atoms with Gasteiger partial charge in [0.15, 0.2) is 0 Å². The zero-order valence-corrected chi connectivity index (χ0v) is 12.3. The second kappa shape index (κ2) is 5.68. The smallest absolute Gasteiger partial charge is 0.220 e. The van der Waals surface area contributed by atoms with Gasteiger partial charge in [-0.25, -0.2) is 9.97 Å². The lowest BCUT2D eigenvalue weighted by Gasteiger charge is -2.11. The fourth-order valence-corrected chi connectivity index (χ4v) is 2.52. The van der Waals surface area contributed by atoms with Crippen LogP contribution in [0.25, 0.3) is 22.4 Å². The van der Waals surface area contributed by atoms with Crippen LogP contribution in [0.15, 0.2) is 48.9 Å². The van der Waals surface area contributed by atoms with E-state index >= 15 is 0 Å². The van der Waals surface area contributed by atoms with E-state index in [0.29, 0.717) is 15.7 Å². The van der Waals surface area contributed by atoms with Crippen molar-refractivity contribution in [3.8, 4) is 22.4 Å². The number of rotatable bonds is 2. The first-order chi connectivity index (χ1) is 10.1.